The highest BCUT2D eigenvalue weighted by atomic mass is 35.5. The van der Waals surface area contributed by atoms with Crippen LogP contribution < -0.4 is 5.32 Å². The number of hydrogen-bond acceptors (Lipinski definition) is 3. The number of aromatic nitrogens is 3. The Morgan fingerprint density at radius 3 is 2.67 bits per heavy atom. The number of carbonyl (C=O) groups is 1. The van der Waals surface area contributed by atoms with Crippen molar-refractivity contribution in [3.63, 3.8) is 0 Å². The van der Waals surface area contributed by atoms with Crippen LogP contribution in [0.5, 0.6) is 0 Å². The third-order valence-corrected chi connectivity index (χ3v) is 4.14. The van der Waals surface area contributed by atoms with Crippen LogP contribution in [-0.4, -0.2) is 26.5 Å². The summed E-state index contributed by atoms with van der Waals surface area (Å²) < 4.78 is 29.1. The Bertz CT molecular complexity index is 945. The van der Waals surface area contributed by atoms with E-state index >= 15 is 0 Å². The number of halogens is 3. The van der Waals surface area contributed by atoms with Crippen LogP contribution in [0.3, 0.4) is 0 Å². The predicted molar refractivity (Wildman–Crippen MR) is 83.8 cm³/mol. The molecule has 4 rings (SSSR count). The second kappa shape index (κ2) is 5.52. The molecule has 1 fully saturated rings. The Hall–Kier alpha value is -2.54. The van der Waals surface area contributed by atoms with E-state index in [2.05, 4.69) is 15.4 Å². The molecule has 1 N–H and O–H groups in total. The van der Waals surface area contributed by atoms with Crippen molar-refractivity contribution in [2.45, 2.75) is 18.9 Å². The minimum atomic E-state index is -0.911. The fourth-order valence-corrected chi connectivity index (χ4v) is 2.59. The molecule has 2 heterocycles. The highest BCUT2D eigenvalue weighted by molar-refractivity contribution is 6.31. The maximum atomic E-state index is 13.9. The molecule has 1 aliphatic rings. The molecule has 0 saturated heterocycles. The molecule has 0 unspecified atom stereocenters. The minimum absolute atomic E-state index is 0.0710. The Morgan fingerprint density at radius 2 is 2.00 bits per heavy atom. The van der Waals surface area contributed by atoms with Gasteiger partial charge in [0.25, 0.3) is 5.91 Å². The maximum Gasteiger partial charge on any atom is 0.272 e. The van der Waals surface area contributed by atoms with Gasteiger partial charge in [0.1, 0.15) is 22.4 Å². The summed E-state index contributed by atoms with van der Waals surface area (Å²) in [5, 5.41) is 6.37. The van der Waals surface area contributed by atoms with E-state index in [1.807, 2.05) is 0 Å². The molecule has 1 aromatic carbocycles. The molecule has 24 heavy (non-hydrogen) atoms. The van der Waals surface area contributed by atoms with Gasteiger partial charge in [0.05, 0.1) is 0 Å². The number of rotatable bonds is 3. The number of hydrogen-bond donors (Lipinski definition) is 1. The normalized spacial score (nSPS) is 14.1. The topological polar surface area (TPSA) is 59.3 Å². The van der Waals surface area contributed by atoms with Crippen molar-refractivity contribution in [3.05, 3.63) is 52.8 Å². The van der Waals surface area contributed by atoms with E-state index in [1.54, 1.807) is 12.1 Å². The number of carbonyl (C=O) groups excluding carboxylic acids is 1. The number of fused-ring (bicyclic) bond motifs is 1. The molecular weight excluding hydrogens is 338 g/mol. The average molecular weight is 349 g/mol. The van der Waals surface area contributed by atoms with Crippen molar-refractivity contribution in [2.24, 2.45) is 0 Å². The van der Waals surface area contributed by atoms with Crippen LogP contribution in [0.15, 0.2) is 30.5 Å². The first-order chi connectivity index (χ1) is 11.5. The van der Waals surface area contributed by atoms with Gasteiger partial charge in [-0.2, -0.15) is 5.10 Å². The number of nitrogens with one attached hydrogen (secondary N) is 1. The minimum Gasteiger partial charge on any atom is -0.348 e. The Morgan fingerprint density at radius 1 is 1.29 bits per heavy atom. The second-order valence-electron chi connectivity index (χ2n) is 5.60. The molecule has 5 nitrogen and oxygen atoms in total. The smallest absolute Gasteiger partial charge is 0.272 e. The molecule has 0 atom stereocenters. The van der Waals surface area contributed by atoms with E-state index in [0.717, 1.165) is 25.0 Å². The maximum absolute atomic E-state index is 13.9. The van der Waals surface area contributed by atoms with E-state index in [4.69, 9.17) is 11.6 Å². The molecule has 2 aromatic heterocycles. The molecule has 0 aliphatic heterocycles. The van der Waals surface area contributed by atoms with E-state index < -0.39 is 22.6 Å². The van der Waals surface area contributed by atoms with Crippen LogP contribution in [0, 0.1) is 11.6 Å². The van der Waals surface area contributed by atoms with Gasteiger partial charge in [-0.25, -0.2) is 18.3 Å². The van der Waals surface area contributed by atoms with Crippen LogP contribution in [0.2, 0.25) is 5.02 Å². The third-order valence-electron chi connectivity index (χ3n) is 3.78. The summed E-state index contributed by atoms with van der Waals surface area (Å²) in [5.41, 5.74) is 0.839. The first kappa shape index (κ1) is 15.0. The van der Waals surface area contributed by atoms with Gasteiger partial charge in [0.2, 0.25) is 0 Å². The SMILES string of the molecule is O=C(NC1CC1)c1nc2cccnn2c1-c1cc(F)c(Cl)c(F)c1. The standard InChI is InChI=1S/C16H11ClF2N4O/c17-13-10(18)6-8(7-11(13)19)15-14(16(24)21-9-3-4-9)22-12-2-1-5-20-23(12)15/h1-2,5-7,9H,3-4H2,(H,21,24). The molecule has 122 valence electrons. The summed E-state index contributed by atoms with van der Waals surface area (Å²) >= 11 is 5.54. The summed E-state index contributed by atoms with van der Waals surface area (Å²) in [4.78, 5) is 16.7. The first-order valence-corrected chi connectivity index (χ1v) is 7.72. The van der Waals surface area contributed by atoms with E-state index in [0.29, 0.717) is 5.65 Å². The Kier molecular flexibility index (Phi) is 3.45. The highest BCUT2D eigenvalue weighted by Crippen LogP contribution is 2.30. The quantitative estimate of drug-likeness (QED) is 0.739. The van der Waals surface area contributed by atoms with Crippen molar-refractivity contribution < 1.29 is 13.6 Å². The number of benzene rings is 1. The highest BCUT2D eigenvalue weighted by Gasteiger charge is 2.28. The van der Waals surface area contributed by atoms with Crippen LogP contribution in [0.25, 0.3) is 16.9 Å². The number of nitrogens with zero attached hydrogens (tertiary/aromatic N) is 3. The van der Waals surface area contributed by atoms with Gasteiger partial charge < -0.3 is 5.32 Å². The zero-order valence-electron chi connectivity index (χ0n) is 12.3. The first-order valence-electron chi connectivity index (χ1n) is 7.34. The predicted octanol–water partition coefficient (Wildman–Crippen LogP) is 3.22. The van der Waals surface area contributed by atoms with Crippen LogP contribution in [0.1, 0.15) is 23.3 Å². The zero-order chi connectivity index (χ0) is 16.8. The average Bonchev–Trinajstić information content (AvgIpc) is 3.28. The third kappa shape index (κ3) is 2.50. The lowest BCUT2D eigenvalue weighted by atomic mass is 10.1. The van der Waals surface area contributed by atoms with Crippen molar-refractivity contribution in [2.75, 3.05) is 0 Å². The fourth-order valence-electron chi connectivity index (χ4n) is 2.48. The van der Waals surface area contributed by atoms with Gasteiger partial charge in [-0.05, 0) is 37.1 Å². The van der Waals surface area contributed by atoms with Crippen molar-refractivity contribution >= 4 is 23.2 Å². The molecule has 1 amide bonds. The van der Waals surface area contributed by atoms with E-state index in [1.165, 1.54) is 10.7 Å². The zero-order valence-corrected chi connectivity index (χ0v) is 13.0. The molecule has 1 aliphatic carbocycles. The van der Waals surface area contributed by atoms with Crippen molar-refractivity contribution in [1.82, 2.24) is 19.9 Å². The van der Waals surface area contributed by atoms with Crippen LogP contribution >= 0.6 is 11.6 Å². The van der Waals surface area contributed by atoms with Crippen molar-refractivity contribution in [3.8, 4) is 11.3 Å². The summed E-state index contributed by atoms with van der Waals surface area (Å²) in [7, 11) is 0. The summed E-state index contributed by atoms with van der Waals surface area (Å²) in [6.45, 7) is 0. The lowest BCUT2D eigenvalue weighted by molar-refractivity contribution is 0.0947. The number of amides is 1. The van der Waals surface area contributed by atoms with Gasteiger partial charge in [-0.15, -0.1) is 0 Å². The Balaban J connectivity index is 1.93. The van der Waals surface area contributed by atoms with Crippen LogP contribution in [-0.2, 0) is 0 Å². The van der Waals surface area contributed by atoms with Gasteiger partial charge in [-0.1, -0.05) is 11.6 Å². The van der Waals surface area contributed by atoms with Crippen LogP contribution in [0.4, 0.5) is 8.78 Å². The molecule has 3 aromatic rings. The molecule has 1 saturated carbocycles. The van der Waals surface area contributed by atoms with Gasteiger partial charge in [0, 0.05) is 17.8 Å². The number of imidazole rings is 1. The largest absolute Gasteiger partial charge is 0.348 e. The summed E-state index contributed by atoms with van der Waals surface area (Å²) in [6, 6.07) is 5.58. The fraction of sp³-hybridized carbons (Fsp3) is 0.188. The summed E-state index contributed by atoms with van der Waals surface area (Å²) in [5.74, 6) is -2.22. The van der Waals surface area contributed by atoms with Crippen molar-refractivity contribution in [1.29, 1.82) is 0 Å². The van der Waals surface area contributed by atoms with E-state index in [-0.39, 0.29) is 23.0 Å². The summed E-state index contributed by atoms with van der Waals surface area (Å²) in [6.07, 6.45) is 3.33. The molecule has 0 spiro atoms. The monoisotopic (exact) mass is 348 g/mol. The van der Waals surface area contributed by atoms with Gasteiger partial charge in [-0.3, -0.25) is 4.79 Å². The molecule has 0 bridgehead atoms. The lowest BCUT2D eigenvalue weighted by Gasteiger charge is -2.07. The second-order valence-corrected chi connectivity index (χ2v) is 5.98. The molecule has 0 radical (unpaired) electrons. The molecular formula is C16H11ClF2N4O. The lowest BCUT2D eigenvalue weighted by Crippen LogP contribution is -2.26. The van der Waals surface area contributed by atoms with Gasteiger partial charge in [0.15, 0.2) is 11.3 Å². The van der Waals surface area contributed by atoms with Gasteiger partial charge >= 0.3 is 0 Å². The Labute approximate surface area is 140 Å². The molecule has 8 heteroatoms. The van der Waals surface area contributed by atoms with E-state index in [9.17, 15) is 13.6 Å².